The molecule has 2 heterocycles. The van der Waals surface area contributed by atoms with Crippen molar-refractivity contribution >= 4 is 12.2 Å². The smallest absolute Gasteiger partial charge is 0.271 e. The summed E-state index contributed by atoms with van der Waals surface area (Å²) in [6, 6.07) is 3.59. The third-order valence-corrected chi connectivity index (χ3v) is 1.66. The van der Waals surface area contributed by atoms with E-state index >= 15 is 0 Å². The van der Waals surface area contributed by atoms with E-state index in [1.165, 1.54) is 0 Å². The summed E-state index contributed by atoms with van der Waals surface area (Å²) in [4.78, 5) is 17.2. The zero-order chi connectivity index (χ0) is 11.2. The molecule has 0 fully saturated rings. The molecule has 0 aliphatic rings. The number of anilines is 1. The molecule has 0 saturated carbocycles. The lowest BCUT2D eigenvalue weighted by atomic mass is 10.3. The van der Waals surface area contributed by atoms with E-state index in [1.54, 1.807) is 30.7 Å². The normalized spacial score (nSPS) is 10.5. The molecular weight excluding hydrogens is 208 g/mol. The Hall–Kier alpha value is -2.57. The molecule has 0 radical (unpaired) electrons. The number of pyridine rings is 1. The molecule has 0 unspecified atom stereocenters. The van der Waals surface area contributed by atoms with Crippen molar-refractivity contribution in [3.63, 3.8) is 0 Å². The van der Waals surface area contributed by atoms with Gasteiger partial charge in [-0.2, -0.15) is 5.10 Å². The second kappa shape index (κ2) is 4.78. The lowest BCUT2D eigenvalue weighted by Gasteiger charge is -1.95. The predicted molar refractivity (Wildman–Crippen MR) is 58.1 cm³/mol. The minimum atomic E-state index is -0.336. The van der Waals surface area contributed by atoms with E-state index in [4.69, 9.17) is 0 Å². The van der Waals surface area contributed by atoms with Crippen LogP contribution in [0.5, 0.6) is 0 Å². The highest BCUT2D eigenvalue weighted by Crippen LogP contribution is 1.92. The molecule has 0 amide bonds. The number of hydrazone groups is 1. The van der Waals surface area contributed by atoms with E-state index in [9.17, 15) is 4.79 Å². The molecule has 0 bridgehead atoms. The molecule has 16 heavy (non-hydrogen) atoms. The van der Waals surface area contributed by atoms with Crippen molar-refractivity contribution in [3.8, 4) is 0 Å². The van der Waals surface area contributed by atoms with Gasteiger partial charge in [0.1, 0.15) is 6.20 Å². The van der Waals surface area contributed by atoms with Gasteiger partial charge in [0.05, 0.1) is 6.21 Å². The average molecular weight is 216 g/mol. The van der Waals surface area contributed by atoms with Gasteiger partial charge in [-0.3, -0.25) is 14.8 Å². The summed E-state index contributed by atoms with van der Waals surface area (Å²) in [5.74, 6) is 0.192. The number of hydrogen-bond acceptors (Lipinski definition) is 6. The van der Waals surface area contributed by atoms with Crippen molar-refractivity contribution < 1.29 is 0 Å². The Labute approximate surface area is 90.3 Å². The first-order chi connectivity index (χ1) is 7.84. The lowest BCUT2D eigenvalue weighted by Crippen LogP contribution is -2.10. The number of aromatic amines is 1. The first kappa shape index (κ1) is 9.97. The molecule has 80 valence electrons. The fourth-order valence-corrected chi connectivity index (χ4v) is 0.981. The molecular formula is C9H8N6O. The quantitative estimate of drug-likeness (QED) is 0.556. The molecule has 0 saturated heterocycles. The van der Waals surface area contributed by atoms with Gasteiger partial charge in [0.25, 0.3) is 5.56 Å². The number of nitrogens with one attached hydrogen (secondary N) is 2. The van der Waals surface area contributed by atoms with Crippen LogP contribution in [0.25, 0.3) is 0 Å². The van der Waals surface area contributed by atoms with Crippen molar-refractivity contribution in [1.82, 2.24) is 20.2 Å². The summed E-state index contributed by atoms with van der Waals surface area (Å²) in [6.07, 6.45) is 5.98. The Kier molecular flexibility index (Phi) is 2.98. The van der Waals surface area contributed by atoms with Gasteiger partial charge in [0.2, 0.25) is 5.95 Å². The van der Waals surface area contributed by atoms with Gasteiger partial charge in [-0.15, -0.1) is 10.2 Å². The van der Waals surface area contributed by atoms with Crippen LogP contribution in [-0.2, 0) is 0 Å². The largest absolute Gasteiger partial charge is 0.289 e. The SMILES string of the molecule is O=c1cnnc(N/N=C/c2ccncc2)[nH]1. The van der Waals surface area contributed by atoms with Crippen molar-refractivity contribution in [3.05, 3.63) is 46.6 Å². The topological polar surface area (TPSA) is 95.9 Å². The Morgan fingerprint density at radius 3 is 2.94 bits per heavy atom. The summed E-state index contributed by atoms with van der Waals surface area (Å²) in [5, 5.41) is 11.0. The van der Waals surface area contributed by atoms with Gasteiger partial charge in [-0.1, -0.05) is 0 Å². The summed E-state index contributed by atoms with van der Waals surface area (Å²) in [5.41, 5.74) is 3.10. The van der Waals surface area contributed by atoms with Crippen LogP contribution in [0.2, 0.25) is 0 Å². The molecule has 7 nitrogen and oxygen atoms in total. The first-order valence-electron chi connectivity index (χ1n) is 4.46. The van der Waals surface area contributed by atoms with Crippen LogP contribution in [0, 0.1) is 0 Å². The lowest BCUT2D eigenvalue weighted by molar-refractivity contribution is 0.939. The van der Waals surface area contributed by atoms with Crippen molar-refractivity contribution in [2.45, 2.75) is 0 Å². The molecule has 2 N–H and O–H groups in total. The van der Waals surface area contributed by atoms with E-state index in [2.05, 4.69) is 30.7 Å². The Morgan fingerprint density at radius 1 is 1.38 bits per heavy atom. The van der Waals surface area contributed by atoms with Gasteiger partial charge in [-0.25, -0.2) is 5.43 Å². The summed E-state index contributed by atoms with van der Waals surface area (Å²) < 4.78 is 0. The maximum Gasteiger partial charge on any atom is 0.271 e. The van der Waals surface area contributed by atoms with Crippen molar-refractivity contribution in [2.24, 2.45) is 5.10 Å². The molecule has 2 aromatic rings. The first-order valence-corrected chi connectivity index (χ1v) is 4.46. The monoisotopic (exact) mass is 216 g/mol. The third-order valence-electron chi connectivity index (χ3n) is 1.66. The fourth-order valence-electron chi connectivity index (χ4n) is 0.981. The number of hydrogen-bond donors (Lipinski definition) is 2. The van der Waals surface area contributed by atoms with Crippen LogP contribution < -0.4 is 11.0 Å². The molecule has 2 rings (SSSR count). The van der Waals surface area contributed by atoms with Crippen LogP contribution in [-0.4, -0.2) is 26.4 Å². The minimum Gasteiger partial charge on any atom is -0.289 e. The van der Waals surface area contributed by atoms with Crippen molar-refractivity contribution in [2.75, 3.05) is 5.43 Å². The standard InChI is InChI=1S/C9H8N6O/c16-8-6-12-15-9(13-8)14-11-5-7-1-3-10-4-2-7/h1-6H,(H2,13,14,15,16)/b11-5+. The molecule has 7 heteroatoms. The minimum absolute atomic E-state index is 0.192. The highest BCUT2D eigenvalue weighted by atomic mass is 16.1. The molecule has 0 aliphatic carbocycles. The van der Waals surface area contributed by atoms with Crippen LogP contribution in [0.4, 0.5) is 5.95 Å². The zero-order valence-corrected chi connectivity index (χ0v) is 8.16. The third kappa shape index (κ3) is 2.71. The Bertz CT molecular complexity index is 535. The second-order valence-electron chi connectivity index (χ2n) is 2.83. The number of aromatic nitrogens is 4. The van der Waals surface area contributed by atoms with E-state index in [-0.39, 0.29) is 11.5 Å². The number of nitrogens with zero attached hydrogens (tertiary/aromatic N) is 4. The zero-order valence-electron chi connectivity index (χ0n) is 8.16. The molecule has 0 aliphatic heterocycles. The average Bonchev–Trinajstić information content (AvgIpc) is 2.30. The summed E-state index contributed by atoms with van der Waals surface area (Å²) >= 11 is 0. The Balaban J connectivity index is 2.03. The molecule has 0 spiro atoms. The van der Waals surface area contributed by atoms with Gasteiger partial charge in [-0.05, 0) is 17.7 Å². The molecule has 0 aromatic carbocycles. The predicted octanol–water partition coefficient (Wildman–Crippen LogP) is 0.00590. The maximum absolute atomic E-state index is 10.9. The van der Waals surface area contributed by atoms with Gasteiger partial charge < -0.3 is 0 Å². The molecule has 2 aromatic heterocycles. The fraction of sp³-hybridized carbons (Fsp3) is 0. The Morgan fingerprint density at radius 2 is 2.19 bits per heavy atom. The summed E-state index contributed by atoms with van der Waals surface area (Å²) in [7, 11) is 0. The van der Waals surface area contributed by atoms with Gasteiger partial charge >= 0.3 is 0 Å². The van der Waals surface area contributed by atoms with Crippen LogP contribution >= 0.6 is 0 Å². The van der Waals surface area contributed by atoms with E-state index in [0.29, 0.717) is 0 Å². The maximum atomic E-state index is 10.9. The van der Waals surface area contributed by atoms with Gasteiger partial charge in [0, 0.05) is 12.4 Å². The molecule has 0 atom stereocenters. The van der Waals surface area contributed by atoms with Crippen LogP contribution in [0.15, 0.2) is 40.6 Å². The van der Waals surface area contributed by atoms with Crippen LogP contribution in [0.1, 0.15) is 5.56 Å². The number of H-pyrrole nitrogens is 1. The van der Waals surface area contributed by atoms with Gasteiger partial charge in [0.15, 0.2) is 0 Å². The van der Waals surface area contributed by atoms with Crippen LogP contribution in [0.3, 0.4) is 0 Å². The van der Waals surface area contributed by atoms with E-state index in [1.807, 2.05) is 0 Å². The number of rotatable bonds is 3. The second-order valence-corrected chi connectivity index (χ2v) is 2.83. The van der Waals surface area contributed by atoms with E-state index in [0.717, 1.165) is 11.8 Å². The summed E-state index contributed by atoms with van der Waals surface area (Å²) in [6.45, 7) is 0. The van der Waals surface area contributed by atoms with E-state index < -0.39 is 0 Å². The van der Waals surface area contributed by atoms with Crippen molar-refractivity contribution in [1.29, 1.82) is 0 Å². The highest BCUT2D eigenvalue weighted by Gasteiger charge is 1.91. The highest BCUT2D eigenvalue weighted by molar-refractivity contribution is 5.79.